The summed E-state index contributed by atoms with van der Waals surface area (Å²) in [7, 11) is 1.61. The number of nitrogens with two attached hydrogens (primary N) is 6. The highest BCUT2D eigenvalue weighted by atomic mass is 35.5. The third-order valence-electron chi connectivity index (χ3n) is 19.2. The second-order valence-electron chi connectivity index (χ2n) is 28.6. The number of nitrogens with zero attached hydrogens (tertiary/aromatic N) is 9. The Morgan fingerprint density at radius 3 is 0.915 bits per heavy atom. The van der Waals surface area contributed by atoms with Crippen molar-refractivity contribution in [1.82, 2.24) is 45.9 Å². The van der Waals surface area contributed by atoms with Gasteiger partial charge in [-0.1, -0.05) is 297 Å². The lowest BCUT2D eigenvalue weighted by molar-refractivity contribution is 0.270. The number of hydrogen-bond acceptors (Lipinski definition) is 31. The summed E-state index contributed by atoms with van der Waals surface area (Å²) in [6.07, 6.45) is 5.87. The predicted molar refractivity (Wildman–Crippen MR) is 568 cm³/mol. The van der Waals surface area contributed by atoms with E-state index < -0.39 is 0 Å². The fraction of sp³-hybridized carbons (Fsp3) is 0.307. The van der Waals surface area contributed by atoms with Gasteiger partial charge in [0.1, 0.15) is 5.75 Å². The lowest BCUT2D eigenvalue weighted by Gasteiger charge is -2.27. The van der Waals surface area contributed by atoms with Crippen LogP contribution in [0.15, 0.2) is 213 Å². The molecule has 129 heavy (non-hydrogen) atoms. The van der Waals surface area contributed by atoms with Crippen molar-refractivity contribution in [3.8, 4) is 5.75 Å². The lowest BCUT2D eigenvalue weighted by atomic mass is 10.1. The average Bonchev–Trinajstić information content (AvgIpc) is 1.59. The van der Waals surface area contributed by atoms with E-state index in [-0.39, 0.29) is 31.0 Å². The lowest BCUT2D eigenvalue weighted by Crippen LogP contribution is -2.42. The molecule has 0 saturated carbocycles. The second kappa shape index (κ2) is 59.1. The fourth-order valence-corrected chi connectivity index (χ4v) is 20.9. The molecule has 0 radical (unpaired) electrons. The Kier molecular flexibility index (Phi) is 48.2. The van der Waals surface area contributed by atoms with Crippen molar-refractivity contribution in [3.05, 3.63) is 291 Å². The summed E-state index contributed by atoms with van der Waals surface area (Å²) in [5.41, 5.74) is 48.4. The first-order valence-corrected chi connectivity index (χ1v) is 52.8. The molecule has 6 heterocycles. The molecular formula is C88H109Cl4N25OS11. The van der Waals surface area contributed by atoms with Crippen molar-refractivity contribution in [1.29, 1.82) is 32.5 Å². The minimum absolute atomic E-state index is 0.0474. The van der Waals surface area contributed by atoms with E-state index in [0.717, 1.165) is 175 Å². The van der Waals surface area contributed by atoms with Crippen LogP contribution in [0.5, 0.6) is 5.75 Å². The number of hydrogen-bond donors (Lipinski definition) is 16. The molecule has 0 fully saturated rings. The summed E-state index contributed by atoms with van der Waals surface area (Å²) in [4.78, 5) is 32.6. The van der Waals surface area contributed by atoms with Crippen molar-refractivity contribution in [2.75, 3.05) is 86.6 Å². The van der Waals surface area contributed by atoms with Gasteiger partial charge in [-0.2, -0.15) is 11.3 Å². The van der Waals surface area contributed by atoms with Gasteiger partial charge in [0.25, 0.3) is 0 Å². The zero-order valence-electron chi connectivity index (χ0n) is 71.3. The Hall–Kier alpha value is -7.61. The molecule has 13 rings (SSSR count). The highest BCUT2D eigenvalue weighted by molar-refractivity contribution is 8.15. The number of aromatic nitrogens is 1. The van der Waals surface area contributed by atoms with E-state index >= 15 is 0 Å². The Balaban J connectivity index is 0.000000193. The summed E-state index contributed by atoms with van der Waals surface area (Å²) < 4.78 is 5.17. The number of rotatable bonds is 33. The number of aliphatic imine (C=N–C) groups is 4. The maximum absolute atomic E-state index is 7.23. The summed E-state index contributed by atoms with van der Waals surface area (Å²) in [5, 5.41) is 68.2. The smallest absolute Gasteiger partial charge is 0.159 e. The summed E-state index contributed by atoms with van der Waals surface area (Å²) in [5.74, 6) is 7.73. The van der Waals surface area contributed by atoms with E-state index in [1.807, 2.05) is 66.0 Å². The average molecular weight is 2030 g/mol. The predicted octanol–water partition coefficient (Wildman–Crippen LogP) is 17.9. The monoisotopic (exact) mass is 2020 g/mol. The van der Waals surface area contributed by atoms with Gasteiger partial charge in [-0.05, 0) is 151 Å². The Morgan fingerprint density at radius 2 is 0.620 bits per heavy atom. The molecule has 0 aliphatic carbocycles. The molecule has 41 heteroatoms. The first kappa shape index (κ1) is 105. The molecule has 22 N–H and O–H groups in total. The third kappa shape index (κ3) is 41.2. The molecule has 4 aliphatic rings. The number of nitrogens with one attached hydrogen (secondary N) is 10. The quantitative estimate of drug-likeness (QED) is 0.0134. The number of halogens is 4. The number of pyridine rings is 1. The number of thiophene rings is 1. The van der Waals surface area contributed by atoms with Crippen LogP contribution in [0, 0.1) is 32.5 Å². The number of ether oxygens (including phenoxy) is 1. The number of methoxy groups -OCH3 is 1. The molecular weight excluding hydrogens is 1920 g/mol. The molecule has 26 nitrogen and oxygen atoms in total. The van der Waals surface area contributed by atoms with Crippen LogP contribution in [0.1, 0.15) is 78.0 Å². The Bertz CT molecular complexity index is 4920. The van der Waals surface area contributed by atoms with E-state index in [4.69, 9.17) is 138 Å². The van der Waals surface area contributed by atoms with Crippen molar-refractivity contribution in [2.24, 2.45) is 54.4 Å². The highest BCUT2D eigenvalue weighted by Crippen LogP contribution is 2.35. The van der Waals surface area contributed by atoms with Crippen LogP contribution in [0.25, 0.3) is 0 Å². The molecule has 0 unspecified atom stereocenters. The van der Waals surface area contributed by atoms with E-state index in [1.54, 1.807) is 60.3 Å². The van der Waals surface area contributed by atoms with E-state index in [0.29, 0.717) is 67.9 Å². The Labute approximate surface area is 823 Å². The second-order valence-corrected chi connectivity index (χ2v) is 40.9. The number of amidine groups is 10. The van der Waals surface area contributed by atoms with Crippen LogP contribution >= 0.6 is 175 Å². The molecule has 2 aromatic heterocycles. The maximum Gasteiger partial charge on any atom is 0.159 e. The van der Waals surface area contributed by atoms with E-state index in [2.05, 4.69) is 178 Å². The van der Waals surface area contributed by atoms with Gasteiger partial charge in [0.15, 0.2) is 51.7 Å². The fourth-order valence-electron chi connectivity index (χ4n) is 12.2. The van der Waals surface area contributed by atoms with Gasteiger partial charge >= 0.3 is 0 Å². The van der Waals surface area contributed by atoms with Gasteiger partial charge in [0, 0.05) is 89.9 Å². The molecule has 7 aromatic carbocycles. The van der Waals surface area contributed by atoms with E-state index in [9.17, 15) is 0 Å². The summed E-state index contributed by atoms with van der Waals surface area (Å²) in [6.45, 7) is 10.3. The van der Waals surface area contributed by atoms with E-state index in [1.165, 1.54) is 115 Å². The largest absolute Gasteiger partial charge is 0.497 e. The maximum atomic E-state index is 7.23. The van der Waals surface area contributed by atoms with Crippen LogP contribution in [-0.2, 0) is 83.2 Å². The third-order valence-corrected chi connectivity index (χ3v) is 30.0. The summed E-state index contributed by atoms with van der Waals surface area (Å²) in [6, 6.07) is 59.5. The van der Waals surface area contributed by atoms with Crippen LogP contribution < -0.4 is 60.4 Å². The van der Waals surface area contributed by atoms with Gasteiger partial charge < -0.3 is 60.4 Å². The van der Waals surface area contributed by atoms with Crippen LogP contribution in [0.2, 0.25) is 20.1 Å². The molecule has 0 spiro atoms. The minimum atomic E-state index is 0.0474. The van der Waals surface area contributed by atoms with Crippen molar-refractivity contribution in [2.45, 2.75) is 83.2 Å². The Morgan fingerprint density at radius 1 is 0.341 bits per heavy atom. The van der Waals surface area contributed by atoms with Gasteiger partial charge in [-0.25, -0.2) is 20.0 Å². The molecule has 9 aromatic rings. The van der Waals surface area contributed by atoms with Crippen LogP contribution in [0.3, 0.4) is 0 Å². The molecule has 0 atom stereocenters. The van der Waals surface area contributed by atoms with Gasteiger partial charge in [0.05, 0.1) is 86.2 Å². The van der Waals surface area contributed by atoms with Crippen molar-refractivity contribution >= 4 is 227 Å². The topological polar surface area (TPSA) is 432 Å². The standard InChI is InChI=1S/C30H34Cl2N6S2.C28H34N6S3.C11H16N4OS2.C10H12Cl2N4S2.C9H13N5S2/c31-27-15-25(17-39-29-33-19-37(20-34-29)13-11-23-7-3-1-4-8-23)26(16-28(27)32)18-40-30-35-21-38(22-36-30)14-12-24-9-5-2-6-10-24;1-3-7-23(8-4-1)11-13-33-19-29-27(30-20-33)36-17-25-15-35-16-26(25)18-37-28-31-21-34(22-32-28)14-12-24-9-5-2-6-10-24;1-16-9-3-2-7(5-17-10(12)13)8(4-9)6-18-11(14)15;11-7-1-5(3-17-9(13)14)6(2-8(7)12)4-18-10(15)16;10-8(11)15-4-6-2-1-3-14-7(6)5-16-9(12)13/h1-10,15-16H,11-14,17-22H2,(H,33,34)(H,35,36);1-10,15-16H,11-14,17-22H2,(H,29,30)(H,31,32);2-4H,5-6H2,1H3,(H3,12,13)(H3,14,15);1-2H,3-4H2,(H3,13,14)(H3,15,16);1-3H,4-5H2,(H3,10,11)(H3,12,13). The zero-order valence-corrected chi connectivity index (χ0v) is 83.3. The molecule has 0 amide bonds. The first-order chi connectivity index (χ1) is 62.4. The minimum Gasteiger partial charge on any atom is -0.497 e. The van der Waals surface area contributed by atoms with Crippen LogP contribution in [-0.4, -0.2) is 163 Å². The van der Waals surface area contributed by atoms with Gasteiger partial charge in [-0.15, -0.1) is 0 Å². The SMILES string of the molecule is COc1ccc(CSC(=N)N)c(CSC(=N)N)c1.Clc1cc(CSC2=NCN(CCc3ccccc3)CN2)c(CSC2=NCN(CCc3ccccc3)CN2)cc1Cl.N=C(N)SCc1cc(Cl)c(Cl)cc1CSC(=N)N.N=C(N)SCc1cccnc1CSC(=N)N.c1ccc(CCN2CN=C(SCc3cscc3CSC3=NCN(CCc4ccccc4)CN3)NC2)cc1. The molecule has 4 aliphatic heterocycles. The van der Waals surface area contributed by atoms with Gasteiger partial charge in [0.2, 0.25) is 0 Å². The van der Waals surface area contributed by atoms with Crippen LogP contribution in [0.4, 0.5) is 0 Å². The number of benzene rings is 7. The van der Waals surface area contributed by atoms with Gasteiger partial charge in [-0.3, -0.25) is 57.0 Å². The normalized spacial score (nSPS) is 13.8. The van der Waals surface area contributed by atoms with Crippen molar-refractivity contribution < 1.29 is 4.74 Å². The molecule has 0 bridgehead atoms. The zero-order chi connectivity index (χ0) is 91.9. The molecule has 686 valence electrons. The number of thioether (sulfide) groups is 10. The summed E-state index contributed by atoms with van der Waals surface area (Å²) >= 11 is 41.0. The van der Waals surface area contributed by atoms with Crippen molar-refractivity contribution in [3.63, 3.8) is 0 Å². The molecule has 0 saturated heterocycles. The first-order valence-electron chi connectivity index (χ1n) is 40.5. The highest BCUT2D eigenvalue weighted by Gasteiger charge is 2.21.